The summed E-state index contributed by atoms with van der Waals surface area (Å²) in [6.45, 7) is 1.06. The summed E-state index contributed by atoms with van der Waals surface area (Å²) in [4.78, 5) is 12.4. The number of halogens is 1. The molecule has 6 nitrogen and oxygen atoms in total. The van der Waals surface area contributed by atoms with Crippen LogP contribution in [0.25, 0.3) is 0 Å². The number of rotatable bonds is 6. The maximum Gasteiger partial charge on any atom is 0.338 e. The second-order valence-electron chi connectivity index (χ2n) is 6.18. The smallest absolute Gasteiger partial charge is 0.338 e. The van der Waals surface area contributed by atoms with Crippen LogP contribution >= 0.6 is 15.9 Å². The van der Waals surface area contributed by atoms with Gasteiger partial charge in [-0.3, -0.25) is 0 Å². The third kappa shape index (κ3) is 4.51. The van der Waals surface area contributed by atoms with Gasteiger partial charge in [0.2, 0.25) is 10.0 Å². The average molecular weight is 454 g/mol. The van der Waals surface area contributed by atoms with Crippen molar-refractivity contribution in [3.8, 4) is 5.75 Å². The summed E-state index contributed by atoms with van der Waals surface area (Å²) in [5.41, 5.74) is 1.01. The molecule has 0 spiro atoms. The van der Waals surface area contributed by atoms with E-state index in [1.165, 1.54) is 29.6 Å². The second-order valence-corrected chi connectivity index (χ2v) is 9.00. The zero-order chi connectivity index (χ0) is 19.4. The van der Waals surface area contributed by atoms with Crippen LogP contribution in [0.4, 0.5) is 0 Å². The minimum Gasteiger partial charge on any atom is -0.495 e. The Kier molecular flexibility index (Phi) is 6.18. The highest BCUT2D eigenvalue weighted by molar-refractivity contribution is 9.10. The van der Waals surface area contributed by atoms with E-state index in [4.69, 9.17) is 9.47 Å². The standard InChI is InChI=1S/C19H20BrNO5S/c1-25-17-9-6-15(12-18(17)27(23,24)21-10-2-3-11-21)19(22)26-13-14-4-7-16(20)8-5-14/h4-9,12H,2-3,10-11,13H2,1H3. The monoisotopic (exact) mass is 453 g/mol. The number of hydrogen-bond acceptors (Lipinski definition) is 5. The van der Waals surface area contributed by atoms with Crippen LogP contribution in [0.15, 0.2) is 51.8 Å². The van der Waals surface area contributed by atoms with Crippen molar-refractivity contribution >= 4 is 31.9 Å². The first-order valence-corrected chi connectivity index (χ1v) is 10.7. The zero-order valence-corrected chi connectivity index (χ0v) is 17.3. The van der Waals surface area contributed by atoms with Crippen LogP contribution in [0.1, 0.15) is 28.8 Å². The molecule has 8 heteroatoms. The Morgan fingerprint density at radius 2 is 1.78 bits per heavy atom. The second kappa shape index (κ2) is 8.41. The van der Waals surface area contributed by atoms with Gasteiger partial charge in [-0.05, 0) is 48.7 Å². The lowest BCUT2D eigenvalue weighted by Crippen LogP contribution is -2.28. The molecule has 0 N–H and O–H groups in total. The van der Waals surface area contributed by atoms with E-state index < -0.39 is 16.0 Å². The number of carbonyl (C=O) groups excluding carboxylic acids is 1. The van der Waals surface area contributed by atoms with Crippen LogP contribution in [0.2, 0.25) is 0 Å². The van der Waals surface area contributed by atoms with Gasteiger partial charge in [0, 0.05) is 17.6 Å². The number of benzene rings is 2. The van der Waals surface area contributed by atoms with E-state index in [1.54, 1.807) is 0 Å². The maximum absolute atomic E-state index is 12.9. The van der Waals surface area contributed by atoms with Crippen LogP contribution in [0.5, 0.6) is 5.75 Å². The molecule has 0 radical (unpaired) electrons. The van der Waals surface area contributed by atoms with E-state index in [9.17, 15) is 13.2 Å². The molecule has 0 atom stereocenters. The first-order valence-electron chi connectivity index (χ1n) is 8.51. The number of carbonyl (C=O) groups is 1. The summed E-state index contributed by atoms with van der Waals surface area (Å²) in [7, 11) is -2.31. The van der Waals surface area contributed by atoms with Crippen molar-refractivity contribution in [2.24, 2.45) is 0 Å². The molecule has 0 amide bonds. The fraction of sp³-hybridized carbons (Fsp3) is 0.316. The molecule has 27 heavy (non-hydrogen) atoms. The Morgan fingerprint density at radius 3 is 2.41 bits per heavy atom. The molecule has 1 aliphatic rings. The van der Waals surface area contributed by atoms with Crippen molar-refractivity contribution < 1.29 is 22.7 Å². The minimum atomic E-state index is -3.71. The van der Waals surface area contributed by atoms with E-state index in [2.05, 4.69) is 15.9 Å². The predicted octanol–water partition coefficient (Wildman–Crippen LogP) is 3.60. The highest BCUT2D eigenvalue weighted by Gasteiger charge is 2.30. The molecule has 2 aromatic rings. The molecule has 0 aliphatic carbocycles. The van der Waals surface area contributed by atoms with Crippen molar-refractivity contribution in [3.05, 3.63) is 58.1 Å². The number of nitrogens with zero attached hydrogens (tertiary/aromatic N) is 1. The number of ether oxygens (including phenoxy) is 2. The molecule has 2 aromatic carbocycles. The number of sulfonamides is 1. The SMILES string of the molecule is COc1ccc(C(=O)OCc2ccc(Br)cc2)cc1S(=O)(=O)N1CCCC1. The van der Waals surface area contributed by atoms with Crippen molar-refractivity contribution in [2.75, 3.05) is 20.2 Å². The number of hydrogen-bond donors (Lipinski definition) is 0. The Morgan fingerprint density at radius 1 is 1.11 bits per heavy atom. The zero-order valence-electron chi connectivity index (χ0n) is 14.9. The van der Waals surface area contributed by atoms with Gasteiger partial charge in [0.05, 0.1) is 12.7 Å². The summed E-state index contributed by atoms with van der Waals surface area (Å²) in [5.74, 6) is -0.371. The molecule has 1 aliphatic heterocycles. The maximum atomic E-state index is 12.9. The van der Waals surface area contributed by atoms with E-state index in [0.29, 0.717) is 13.1 Å². The largest absolute Gasteiger partial charge is 0.495 e. The van der Waals surface area contributed by atoms with Crippen LogP contribution < -0.4 is 4.74 Å². The van der Waals surface area contributed by atoms with Crippen molar-refractivity contribution in [3.63, 3.8) is 0 Å². The Balaban J connectivity index is 1.81. The van der Waals surface area contributed by atoms with E-state index in [1.807, 2.05) is 24.3 Å². The van der Waals surface area contributed by atoms with Gasteiger partial charge in [-0.15, -0.1) is 0 Å². The summed E-state index contributed by atoms with van der Waals surface area (Å²) in [6, 6.07) is 11.7. The van der Waals surface area contributed by atoms with Crippen molar-refractivity contribution in [2.45, 2.75) is 24.3 Å². The Hall–Kier alpha value is -1.90. The van der Waals surface area contributed by atoms with Gasteiger partial charge in [-0.25, -0.2) is 13.2 Å². The van der Waals surface area contributed by atoms with Gasteiger partial charge >= 0.3 is 5.97 Å². The Labute approximate surface area is 167 Å². The highest BCUT2D eigenvalue weighted by Crippen LogP contribution is 2.30. The summed E-state index contributed by atoms with van der Waals surface area (Å²) >= 11 is 3.35. The molecule has 1 fully saturated rings. The van der Waals surface area contributed by atoms with Crippen molar-refractivity contribution in [1.29, 1.82) is 0 Å². The predicted molar refractivity (Wildman–Crippen MR) is 104 cm³/mol. The molecule has 3 rings (SSSR count). The Bertz CT molecular complexity index is 922. The quantitative estimate of drug-likeness (QED) is 0.624. The number of esters is 1. The lowest BCUT2D eigenvalue weighted by molar-refractivity contribution is 0.0472. The fourth-order valence-electron chi connectivity index (χ4n) is 2.89. The lowest BCUT2D eigenvalue weighted by Gasteiger charge is -2.18. The molecular formula is C19H20BrNO5S. The number of methoxy groups -OCH3 is 1. The third-order valence-electron chi connectivity index (χ3n) is 4.37. The van der Waals surface area contributed by atoms with Gasteiger partial charge in [-0.2, -0.15) is 4.31 Å². The minimum absolute atomic E-state index is 0.00927. The van der Waals surface area contributed by atoms with E-state index in [-0.39, 0.29) is 22.8 Å². The average Bonchev–Trinajstić information content (AvgIpc) is 3.22. The van der Waals surface area contributed by atoms with Crippen LogP contribution in [0, 0.1) is 0 Å². The van der Waals surface area contributed by atoms with Gasteiger partial charge in [-0.1, -0.05) is 28.1 Å². The molecular weight excluding hydrogens is 434 g/mol. The molecule has 0 bridgehead atoms. The van der Waals surface area contributed by atoms with E-state index in [0.717, 1.165) is 22.9 Å². The van der Waals surface area contributed by atoms with Crippen molar-refractivity contribution in [1.82, 2.24) is 4.31 Å². The molecule has 144 valence electrons. The third-order valence-corrected chi connectivity index (χ3v) is 6.81. The first kappa shape index (κ1) is 19.9. The van der Waals surface area contributed by atoms with Crippen LogP contribution in [0.3, 0.4) is 0 Å². The summed E-state index contributed by atoms with van der Waals surface area (Å²) in [5, 5.41) is 0. The van der Waals surface area contributed by atoms with Gasteiger partial charge in [0.15, 0.2) is 0 Å². The highest BCUT2D eigenvalue weighted by atomic mass is 79.9. The molecule has 0 unspecified atom stereocenters. The molecule has 0 aromatic heterocycles. The van der Waals surface area contributed by atoms with E-state index >= 15 is 0 Å². The fourth-order valence-corrected chi connectivity index (χ4v) is 4.85. The van der Waals surface area contributed by atoms with Gasteiger partial charge in [0.1, 0.15) is 17.3 Å². The summed E-state index contributed by atoms with van der Waals surface area (Å²) in [6.07, 6.45) is 1.66. The van der Waals surface area contributed by atoms with Crippen LogP contribution in [-0.2, 0) is 21.4 Å². The lowest BCUT2D eigenvalue weighted by atomic mass is 10.2. The normalized spacial score (nSPS) is 14.9. The van der Waals surface area contributed by atoms with Crippen LogP contribution in [-0.4, -0.2) is 38.9 Å². The summed E-state index contributed by atoms with van der Waals surface area (Å²) < 4.78 is 38.7. The van der Waals surface area contributed by atoms with Gasteiger partial charge < -0.3 is 9.47 Å². The molecule has 1 heterocycles. The first-order chi connectivity index (χ1) is 12.9. The molecule has 1 saturated heterocycles. The van der Waals surface area contributed by atoms with Gasteiger partial charge in [0.25, 0.3) is 0 Å². The topological polar surface area (TPSA) is 72.9 Å². The molecule has 0 saturated carbocycles.